The van der Waals surface area contributed by atoms with Crippen LogP contribution in [0.1, 0.15) is 35.2 Å². The Morgan fingerprint density at radius 2 is 2.47 bits per heavy atom. The van der Waals surface area contributed by atoms with Crippen LogP contribution >= 0.6 is 0 Å². The summed E-state index contributed by atoms with van der Waals surface area (Å²) >= 11 is 0. The van der Waals surface area contributed by atoms with Crippen LogP contribution in [-0.4, -0.2) is 23.9 Å². The van der Waals surface area contributed by atoms with E-state index in [1.165, 1.54) is 6.42 Å². The molecule has 1 saturated heterocycles. The lowest BCUT2D eigenvalue weighted by Gasteiger charge is -2.09. The zero-order chi connectivity index (χ0) is 12.3. The Morgan fingerprint density at radius 1 is 1.65 bits per heavy atom. The number of carbonyl (C=O) groups excluding carboxylic acids is 1. The maximum absolute atomic E-state index is 12.1. The van der Waals surface area contributed by atoms with Crippen LogP contribution in [0.4, 0.5) is 5.82 Å². The number of nitrogens with one attached hydrogen (secondary N) is 1. The van der Waals surface area contributed by atoms with Gasteiger partial charge >= 0.3 is 0 Å². The monoisotopic (exact) mass is 233 g/mol. The van der Waals surface area contributed by atoms with E-state index in [9.17, 15) is 4.79 Å². The van der Waals surface area contributed by atoms with E-state index < -0.39 is 0 Å². The van der Waals surface area contributed by atoms with Gasteiger partial charge < -0.3 is 11.1 Å². The van der Waals surface area contributed by atoms with Gasteiger partial charge in [0.25, 0.3) is 0 Å². The minimum Gasteiger partial charge on any atom is -0.383 e. The van der Waals surface area contributed by atoms with Crippen molar-refractivity contribution in [2.75, 3.05) is 18.8 Å². The summed E-state index contributed by atoms with van der Waals surface area (Å²) in [5.41, 5.74) is 7.29. The molecule has 2 heterocycles. The van der Waals surface area contributed by atoms with Crippen molar-refractivity contribution in [1.29, 1.82) is 0 Å². The molecule has 1 fully saturated rings. The molecule has 4 heteroatoms. The third-order valence-corrected chi connectivity index (χ3v) is 3.41. The second-order valence-corrected chi connectivity index (χ2v) is 4.71. The fourth-order valence-corrected chi connectivity index (χ4v) is 2.36. The Balaban J connectivity index is 1.99. The Bertz CT molecular complexity index is 391. The fraction of sp³-hybridized carbons (Fsp3) is 0.538. The number of hydrogen-bond donors (Lipinski definition) is 2. The summed E-state index contributed by atoms with van der Waals surface area (Å²) in [5, 5.41) is 3.31. The number of carbonyl (C=O) groups is 1. The highest BCUT2D eigenvalue weighted by molar-refractivity contribution is 6.01. The first-order valence-corrected chi connectivity index (χ1v) is 6.13. The Kier molecular flexibility index (Phi) is 3.74. The Hall–Kier alpha value is -1.42. The van der Waals surface area contributed by atoms with E-state index in [-0.39, 0.29) is 5.78 Å². The topological polar surface area (TPSA) is 68.0 Å². The van der Waals surface area contributed by atoms with Crippen molar-refractivity contribution in [3.8, 4) is 0 Å². The lowest BCUT2D eigenvalue weighted by atomic mass is 9.96. The van der Waals surface area contributed by atoms with E-state index in [1.807, 2.05) is 13.0 Å². The van der Waals surface area contributed by atoms with E-state index in [0.717, 1.165) is 25.1 Å². The van der Waals surface area contributed by atoms with Gasteiger partial charge in [-0.05, 0) is 50.4 Å². The van der Waals surface area contributed by atoms with Gasteiger partial charge in [0, 0.05) is 12.6 Å². The van der Waals surface area contributed by atoms with Crippen LogP contribution in [0.15, 0.2) is 12.3 Å². The lowest BCUT2D eigenvalue weighted by Crippen LogP contribution is -2.12. The number of Topliss-reactive ketones (excluding diaryl/α,β-unsaturated/α-hetero) is 1. The van der Waals surface area contributed by atoms with Gasteiger partial charge in [-0.1, -0.05) is 0 Å². The maximum atomic E-state index is 12.1. The minimum absolute atomic E-state index is 0.125. The number of nitrogen functional groups attached to an aromatic ring is 1. The molecule has 0 radical (unpaired) electrons. The first-order chi connectivity index (χ1) is 8.18. The SMILES string of the molecule is Cc1ccnc(N)c1C(=O)CCC1CCNC1. The molecular weight excluding hydrogens is 214 g/mol. The summed E-state index contributed by atoms with van der Waals surface area (Å²) in [6.45, 7) is 4.02. The second-order valence-electron chi connectivity index (χ2n) is 4.71. The van der Waals surface area contributed by atoms with Gasteiger partial charge in [0.1, 0.15) is 5.82 Å². The van der Waals surface area contributed by atoms with Gasteiger partial charge in [-0.25, -0.2) is 4.98 Å². The molecule has 0 saturated carbocycles. The maximum Gasteiger partial charge on any atom is 0.166 e. The van der Waals surface area contributed by atoms with Crippen LogP contribution < -0.4 is 11.1 Å². The van der Waals surface area contributed by atoms with E-state index in [0.29, 0.717) is 23.7 Å². The van der Waals surface area contributed by atoms with Crippen LogP contribution in [0.3, 0.4) is 0 Å². The molecule has 1 unspecified atom stereocenters. The molecule has 4 nitrogen and oxygen atoms in total. The second kappa shape index (κ2) is 5.27. The van der Waals surface area contributed by atoms with Crippen LogP contribution in [0, 0.1) is 12.8 Å². The highest BCUT2D eigenvalue weighted by atomic mass is 16.1. The molecule has 0 spiro atoms. The Labute approximate surface area is 102 Å². The highest BCUT2D eigenvalue weighted by Gasteiger charge is 2.18. The molecule has 1 atom stereocenters. The molecule has 1 aromatic rings. The number of nitrogens with zero attached hydrogens (tertiary/aromatic N) is 1. The molecule has 1 aromatic heterocycles. The molecule has 1 aliphatic heterocycles. The van der Waals surface area contributed by atoms with Crippen molar-refractivity contribution < 1.29 is 4.79 Å². The highest BCUT2D eigenvalue weighted by Crippen LogP contribution is 2.20. The summed E-state index contributed by atoms with van der Waals surface area (Å²) in [5.74, 6) is 1.12. The first-order valence-electron chi connectivity index (χ1n) is 6.13. The van der Waals surface area contributed by atoms with Crippen molar-refractivity contribution in [1.82, 2.24) is 10.3 Å². The number of hydrogen-bond acceptors (Lipinski definition) is 4. The van der Waals surface area contributed by atoms with Crippen LogP contribution in [0.5, 0.6) is 0 Å². The standard InChI is InChI=1S/C13H19N3O/c1-9-4-7-16-13(14)12(9)11(17)3-2-10-5-6-15-8-10/h4,7,10,15H,2-3,5-6,8H2,1H3,(H2,14,16). The van der Waals surface area contributed by atoms with Crippen molar-refractivity contribution in [3.05, 3.63) is 23.4 Å². The van der Waals surface area contributed by atoms with Crippen molar-refractivity contribution in [2.45, 2.75) is 26.2 Å². The molecule has 0 amide bonds. The molecule has 2 rings (SSSR count). The van der Waals surface area contributed by atoms with Crippen molar-refractivity contribution in [2.24, 2.45) is 5.92 Å². The summed E-state index contributed by atoms with van der Waals surface area (Å²) in [4.78, 5) is 16.1. The average Bonchev–Trinajstić information content (AvgIpc) is 2.79. The normalized spacial score (nSPS) is 19.5. The molecule has 0 aromatic carbocycles. The third-order valence-electron chi connectivity index (χ3n) is 3.41. The number of aryl methyl sites for hydroxylation is 1. The summed E-state index contributed by atoms with van der Waals surface area (Å²) in [7, 11) is 0. The average molecular weight is 233 g/mol. The smallest absolute Gasteiger partial charge is 0.166 e. The molecule has 92 valence electrons. The zero-order valence-corrected chi connectivity index (χ0v) is 10.2. The molecule has 17 heavy (non-hydrogen) atoms. The lowest BCUT2D eigenvalue weighted by molar-refractivity contribution is 0.0974. The van der Waals surface area contributed by atoms with Crippen LogP contribution in [-0.2, 0) is 0 Å². The molecule has 0 bridgehead atoms. The number of pyridine rings is 1. The number of rotatable bonds is 4. The largest absolute Gasteiger partial charge is 0.383 e. The first kappa shape index (κ1) is 12.0. The van der Waals surface area contributed by atoms with E-state index in [2.05, 4.69) is 10.3 Å². The number of ketones is 1. The molecule has 0 aliphatic carbocycles. The number of aromatic nitrogens is 1. The molecule has 1 aliphatic rings. The van der Waals surface area contributed by atoms with Crippen LogP contribution in [0.25, 0.3) is 0 Å². The van der Waals surface area contributed by atoms with Crippen molar-refractivity contribution in [3.63, 3.8) is 0 Å². The predicted octanol–water partition coefficient (Wildman–Crippen LogP) is 1.54. The van der Waals surface area contributed by atoms with Crippen LogP contribution in [0.2, 0.25) is 0 Å². The van der Waals surface area contributed by atoms with Crippen molar-refractivity contribution >= 4 is 11.6 Å². The number of anilines is 1. The number of nitrogens with two attached hydrogens (primary N) is 1. The fourth-order valence-electron chi connectivity index (χ4n) is 2.36. The zero-order valence-electron chi connectivity index (χ0n) is 10.2. The predicted molar refractivity (Wildman–Crippen MR) is 67.9 cm³/mol. The van der Waals surface area contributed by atoms with Gasteiger partial charge in [-0.2, -0.15) is 0 Å². The van der Waals surface area contributed by atoms with E-state index >= 15 is 0 Å². The summed E-state index contributed by atoms with van der Waals surface area (Å²) in [6, 6.07) is 1.83. The van der Waals surface area contributed by atoms with Gasteiger partial charge in [-0.15, -0.1) is 0 Å². The molecular formula is C13H19N3O. The summed E-state index contributed by atoms with van der Waals surface area (Å²) in [6.07, 6.45) is 4.33. The van der Waals surface area contributed by atoms with Gasteiger partial charge in [0.15, 0.2) is 5.78 Å². The summed E-state index contributed by atoms with van der Waals surface area (Å²) < 4.78 is 0. The third kappa shape index (κ3) is 2.82. The minimum atomic E-state index is 0.125. The Morgan fingerprint density at radius 3 is 3.12 bits per heavy atom. The van der Waals surface area contributed by atoms with Gasteiger partial charge in [0.2, 0.25) is 0 Å². The van der Waals surface area contributed by atoms with E-state index in [4.69, 9.17) is 5.73 Å². The molecule has 3 N–H and O–H groups in total. The van der Waals surface area contributed by atoms with E-state index in [1.54, 1.807) is 6.20 Å². The quantitative estimate of drug-likeness (QED) is 0.774. The van der Waals surface area contributed by atoms with Gasteiger partial charge in [-0.3, -0.25) is 4.79 Å². The van der Waals surface area contributed by atoms with Gasteiger partial charge in [0.05, 0.1) is 5.56 Å².